The number of furan rings is 1. The molecule has 2 aromatic carbocycles. The molecular formula is C22H23ClFN2O2+. The number of amides is 1. The van der Waals surface area contributed by atoms with Gasteiger partial charge in [0, 0.05) is 40.4 Å². The third-order valence-corrected chi connectivity index (χ3v) is 5.77. The quantitative estimate of drug-likeness (QED) is 0.702. The number of hydrogen-bond acceptors (Lipinski definition) is 2. The van der Waals surface area contributed by atoms with Crippen LogP contribution >= 0.6 is 11.6 Å². The fourth-order valence-corrected chi connectivity index (χ4v) is 4.04. The van der Waals surface area contributed by atoms with Crippen molar-refractivity contribution < 1.29 is 18.5 Å². The highest BCUT2D eigenvalue weighted by molar-refractivity contribution is 6.30. The third-order valence-electron chi connectivity index (χ3n) is 5.52. The molecule has 2 heterocycles. The number of quaternary nitrogens is 1. The maximum Gasteiger partial charge on any atom is 0.287 e. The molecule has 28 heavy (non-hydrogen) atoms. The van der Waals surface area contributed by atoms with E-state index < -0.39 is 5.82 Å². The molecule has 3 aromatic rings. The van der Waals surface area contributed by atoms with Crippen LogP contribution in [0, 0.1) is 12.7 Å². The van der Waals surface area contributed by atoms with Crippen molar-refractivity contribution in [2.75, 3.05) is 13.1 Å². The summed E-state index contributed by atoms with van der Waals surface area (Å²) in [6.45, 7) is 4.72. The van der Waals surface area contributed by atoms with E-state index >= 15 is 0 Å². The van der Waals surface area contributed by atoms with Crippen molar-refractivity contribution in [2.45, 2.75) is 32.4 Å². The molecule has 146 valence electrons. The first-order valence-electron chi connectivity index (χ1n) is 9.58. The number of aryl methyl sites for hydroxylation is 1. The Morgan fingerprint density at radius 2 is 1.93 bits per heavy atom. The van der Waals surface area contributed by atoms with Crippen LogP contribution in [0.5, 0.6) is 0 Å². The molecule has 4 rings (SSSR count). The molecule has 2 N–H and O–H groups in total. The monoisotopic (exact) mass is 401 g/mol. The average molecular weight is 402 g/mol. The minimum Gasteiger partial charge on any atom is -0.448 e. The zero-order chi connectivity index (χ0) is 19.7. The normalized spacial score (nSPS) is 19.7. The Balaban J connectivity index is 1.36. The molecule has 0 unspecified atom stereocenters. The molecule has 1 aromatic heterocycles. The maximum absolute atomic E-state index is 13.9. The van der Waals surface area contributed by atoms with Gasteiger partial charge in [-0.3, -0.25) is 4.79 Å². The lowest BCUT2D eigenvalue weighted by molar-refractivity contribution is -0.918. The van der Waals surface area contributed by atoms with Crippen LogP contribution in [0.25, 0.3) is 11.0 Å². The summed E-state index contributed by atoms with van der Waals surface area (Å²) in [6, 6.07) is 12.8. The second kappa shape index (κ2) is 7.94. The lowest BCUT2D eigenvalue weighted by atomic mass is 10.0. The molecule has 1 aliphatic heterocycles. The van der Waals surface area contributed by atoms with Crippen molar-refractivity contribution in [3.63, 3.8) is 0 Å². The summed E-state index contributed by atoms with van der Waals surface area (Å²) in [6.07, 6.45) is 1.81. The Morgan fingerprint density at radius 1 is 1.21 bits per heavy atom. The molecule has 0 spiro atoms. The number of piperidine rings is 1. The smallest absolute Gasteiger partial charge is 0.287 e. The SMILES string of the molecule is Cc1c(C(=O)NC2CC[NH+](Cc3ccc(Cl)cc3)CC2)oc2c(F)cccc12. The number of rotatable bonds is 4. The minimum absolute atomic E-state index is 0.110. The molecular weight excluding hydrogens is 379 g/mol. The lowest BCUT2D eigenvalue weighted by Gasteiger charge is -2.29. The number of fused-ring (bicyclic) bond motifs is 1. The van der Waals surface area contributed by atoms with E-state index in [4.69, 9.17) is 16.0 Å². The van der Waals surface area contributed by atoms with E-state index in [9.17, 15) is 9.18 Å². The minimum atomic E-state index is -0.446. The molecule has 0 saturated carbocycles. The molecule has 6 heteroatoms. The predicted octanol–water partition coefficient (Wildman–Crippen LogP) is 3.51. The standard InChI is InChI=1S/C22H22ClFN2O2/c1-14-18-3-2-4-19(24)21(18)28-20(14)22(27)25-17-9-11-26(12-10-17)13-15-5-7-16(23)8-6-15/h2-8,17H,9-13H2,1H3,(H,25,27)/p+1. The summed E-state index contributed by atoms with van der Waals surface area (Å²) < 4.78 is 19.4. The summed E-state index contributed by atoms with van der Waals surface area (Å²) in [5, 5.41) is 4.46. The lowest BCUT2D eigenvalue weighted by Crippen LogP contribution is -3.12. The Morgan fingerprint density at radius 3 is 2.61 bits per heavy atom. The number of carbonyl (C=O) groups is 1. The van der Waals surface area contributed by atoms with Gasteiger partial charge in [-0.1, -0.05) is 35.9 Å². The average Bonchev–Trinajstić information content (AvgIpc) is 3.03. The van der Waals surface area contributed by atoms with Crippen molar-refractivity contribution in [1.82, 2.24) is 5.32 Å². The van der Waals surface area contributed by atoms with Crippen LogP contribution in [0.2, 0.25) is 5.02 Å². The topological polar surface area (TPSA) is 46.7 Å². The van der Waals surface area contributed by atoms with Gasteiger partial charge in [-0.05, 0) is 25.1 Å². The molecule has 0 bridgehead atoms. The number of likely N-dealkylation sites (tertiary alicyclic amines) is 1. The van der Waals surface area contributed by atoms with E-state index in [-0.39, 0.29) is 23.3 Å². The van der Waals surface area contributed by atoms with E-state index in [2.05, 4.69) is 17.4 Å². The first-order valence-corrected chi connectivity index (χ1v) is 9.95. The van der Waals surface area contributed by atoms with Gasteiger partial charge in [-0.15, -0.1) is 0 Å². The summed E-state index contributed by atoms with van der Waals surface area (Å²) >= 11 is 5.94. The number of benzene rings is 2. The summed E-state index contributed by atoms with van der Waals surface area (Å²) in [7, 11) is 0. The van der Waals surface area contributed by atoms with Gasteiger partial charge in [-0.25, -0.2) is 4.39 Å². The molecule has 4 nitrogen and oxygen atoms in total. The number of para-hydroxylation sites is 1. The van der Waals surface area contributed by atoms with Crippen LogP contribution in [0.4, 0.5) is 4.39 Å². The molecule has 1 saturated heterocycles. The van der Waals surface area contributed by atoms with E-state index in [1.807, 2.05) is 12.1 Å². The van der Waals surface area contributed by atoms with Crippen molar-refractivity contribution in [3.8, 4) is 0 Å². The second-order valence-electron chi connectivity index (χ2n) is 7.47. The highest BCUT2D eigenvalue weighted by Gasteiger charge is 2.26. The van der Waals surface area contributed by atoms with Crippen LogP contribution in [0.3, 0.4) is 0 Å². The molecule has 1 amide bonds. The molecule has 0 radical (unpaired) electrons. The summed E-state index contributed by atoms with van der Waals surface area (Å²) in [4.78, 5) is 14.2. The van der Waals surface area contributed by atoms with Crippen LogP contribution in [-0.4, -0.2) is 25.0 Å². The van der Waals surface area contributed by atoms with Crippen molar-refractivity contribution in [3.05, 3.63) is 70.2 Å². The molecule has 0 aliphatic carbocycles. The summed E-state index contributed by atoms with van der Waals surface area (Å²) in [5.74, 6) is -0.506. The Labute approximate surface area is 168 Å². The summed E-state index contributed by atoms with van der Waals surface area (Å²) in [5.41, 5.74) is 2.09. The number of hydrogen-bond donors (Lipinski definition) is 2. The highest BCUT2D eigenvalue weighted by atomic mass is 35.5. The number of carbonyl (C=O) groups excluding carboxylic acids is 1. The van der Waals surface area contributed by atoms with Gasteiger partial charge in [0.2, 0.25) is 0 Å². The van der Waals surface area contributed by atoms with Gasteiger partial charge in [0.1, 0.15) is 6.54 Å². The first-order chi connectivity index (χ1) is 13.5. The fourth-order valence-electron chi connectivity index (χ4n) is 3.91. The van der Waals surface area contributed by atoms with E-state index in [0.29, 0.717) is 10.9 Å². The van der Waals surface area contributed by atoms with Crippen molar-refractivity contribution in [2.24, 2.45) is 0 Å². The van der Waals surface area contributed by atoms with E-state index in [0.717, 1.165) is 37.5 Å². The van der Waals surface area contributed by atoms with Crippen molar-refractivity contribution >= 4 is 28.5 Å². The van der Waals surface area contributed by atoms with Gasteiger partial charge in [0.05, 0.1) is 13.1 Å². The number of halogens is 2. The highest BCUT2D eigenvalue weighted by Crippen LogP contribution is 2.27. The maximum atomic E-state index is 13.9. The van der Waals surface area contributed by atoms with Gasteiger partial charge < -0.3 is 14.6 Å². The molecule has 1 aliphatic rings. The van der Waals surface area contributed by atoms with Crippen molar-refractivity contribution in [1.29, 1.82) is 0 Å². The Hall–Kier alpha value is -2.37. The van der Waals surface area contributed by atoms with Gasteiger partial charge >= 0.3 is 0 Å². The third kappa shape index (κ3) is 3.91. The van der Waals surface area contributed by atoms with Gasteiger partial charge in [0.15, 0.2) is 17.2 Å². The molecule has 0 atom stereocenters. The van der Waals surface area contributed by atoms with Crippen LogP contribution in [-0.2, 0) is 6.54 Å². The zero-order valence-electron chi connectivity index (χ0n) is 15.7. The number of nitrogens with one attached hydrogen (secondary N) is 2. The van der Waals surface area contributed by atoms with Crippen LogP contribution in [0.1, 0.15) is 34.5 Å². The largest absolute Gasteiger partial charge is 0.448 e. The van der Waals surface area contributed by atoms with Crippen LogP contribution < -0.4 is 10.2 Å². The fraction of sp³-hybridized carbons (Fsp3) is 0.318. The first kappa shape index (κ1) is 19.0. The van der Waals surface area contributed by atoms with Gasteiger partial charge in [-0.2, -0.15) is 0 Å². The second-order valence-corrected chi connectivity index (χ2v) is 7.91. The van der Waals surface area contributed by atoms with Gasteiger partial charge in [0.25, 0.3) is 5.91 Å². The Bertz CT molecular complexity index is 992. The van der Waals surface area contributed by atoms with Crippen LogP contribution in [0.15, 0.2) is 46.9 Å². The van der Waals surface area contributed by atoms with E-state index in [1.165, 1.54) is 16.5 Å². The Kier molecular flexibility index (Phi) is 5.38. The molecule has 1 fully saturated rings. The predicted molar refractivity (Wildman–Crippen MR) is 107 cm³/mol. The van der Waals surface area contributed by atoms with E-state index in [1.54, 1.807) is 19.1 Å². The zero-order valence-corrected chi connectivity index (χ0v) is 16.5.